The van der Waals surface area contributed by atoms with Crippen molar-refractivity contribution in [3.05, 3.63) is 70.0 Å². The Labute approximate surface area is 204 Å². The van der Waals surface area contributed by atoms with Gasteiger partial charge in [0.25, 0.3) is 10.0 Å². The van der Waals surface area contributed by atoms with E-state index in [4.69, 9.17) is 0 Å². The van der Waals surface area contributed by atoms with Crippen LogP contribution in [0, 0.1) is 6.92 Å². The van der Waals surface area contributed by atoms with E-state index in [2.05, 4.69) is 49.7 Å². The van der Waals surface area contributed by atoms with E-state index in [1.165, 1.54) is 5.56 Å². The summed E-state index contributed by atoms with van der Waals surface area (Å²) in [5.41, 5.74) is 3.91. The molecule has 2 heterocycles. The number of unbranched alkanes of at least 4 members (excludes halogenated alkanes) is 2. The highest BCUT2D eigenvalue weighted by molar-refractivity contribution is 7.90. The maximum Gasteiger partial charge on any atom is 0.263 e. The predicted octanol–water partition coefficient (Wildman–Crippen LogP) is 4.08. The minimum absolute atomic E-state index is 0.0540. The molecule has 2 N–H and O–H groups in total. The zero-order valence-electron chi connectivity index (χ0n) is 19.1. The minimum atomic E-state index is -3.49. The third kappa shape index (κ3) is 6.09. The Balaban J connectivity index is 1.11. The van der Waals surface area contributed by atoms with Crippen LogP contribution in [0.5, 0.6) is 0 Å². The molecule has 3 aromatic rings. The summed E-state index contributed by atoms with van der Waals surface area (Å²) in [7, 11) is -3.49. The van der Waals surface area contributed by atoms with Crippen LogP contribution in [0.4, 0.5) is 0 Å². The van der Waals surface area contributed by atoms with Gasteiger partial charge in [0.05, 0.1) is 15.6 Å². The molecule has 4 rings (SSSR count). The van der Waals surface area contributed by atoms with Crippen LogP contribution >= 0.6 is 11.3 Å². The molecule has 0 saturated carbocycles. The van der Waals surface area contributed by atoms with Gasteiger partial charge in [0.1, 0.15) is 5.84 Å². The Bertz CT molecular complexity index is 1280. The Morgan fingerprint density at radius 1 is 1.09 bits per heavy atom. The first-order chi connectivity index (χ1) is 16.4. The molecular formula is C25H28N4O3S2. The summed E-state index contributed by atoms with van der Waals surface area (Å²) in [4.78, 5) is 21.3. The van der Waals surface area contributed by atoms with Crippen LogP contribution < -0.4 is 10.0 Å². The maximum atomic E-state index is 12.1. The lowest BCUT2D eigenvalue weighted by Crippen LogP contribution is -2.25. The molecule has 1 amide bonds. The lowest BCUT2D eigenvalue weighted by Gasteiger charge is -2.06. The van der Waals surface area contributed by atoms with Crippen molar-refractivity contribution in [1.29, 1.82) is 0 Å². The highest BCUT2D eigenvalue weighted by atomic mass is 32.2. The van der Waals surface area contributed by atoms with Gasteiger partial charge in [-0.05, 0) is 43.9 Å². The number of nitrogens with zero attached hydrogens (tertiary/aromatic N) is 2. The molecule has 0 bridgehead atoms. The molecule has 0 spiro atoms. The average Bonchev–Trinajstić information content (AvgIpc) is 3.37. The molecule has 0 saturated heterocycles. The van der Waals surface area contributed by atoms with Gasteiger partial charge >= 0.3 is 0 Å². The molecular weight excluding hydrogens is 468 g/mol. The highest BCUT2D eigenvalue weighted by Gasteiger charge is 2.29. The largest absolute Gasteiger partial charge is 0.356 e. The number of carbonyl (C=O) groups is 1. The molecule has 0 fully saturated rings. The molecule has 0 aliphatic carbocycles. The lowest BCUT2D eigenvalue weighted by atomic mass is 10.1. The zero-order chi connectivity index (χ0) is 24.0. The molecule has 0 radical (unpaired) electrons. The smallest absolute Gasteiger partial charge is 0.263 e. The number of sulfonamides is 1. The van der Waals surface area contributed by atoms with Gasteiger partial charge in [0.15, 0.2) is 0 Å². The number of benzene rings is 2. The number of amides is 1. The summed E-state index contributed by atoms with van der Waals surface area (Å²) in [5.74, 6) is 0.460. The summed E-state index contributed by atoms with van der Waals surface area (Å²) in [5, 5.41) is 6.10. The van der Waals surface area contributed by atoms with Gasteiger partial charge in [-0.25, -0.2) is 13.4 Å². The van der Waals surface area contributed by atoms with Crippen molar-refractivity contribution in [2.45, 2.75) is 43.9 Å². The van der Waals surface area contributed by atoms with Gasteiger partial charge in [-0.15, -0.1) is 11.3 Å². The fourth-order valence-electron chi connectivity index (χ4n) is 3.79. The van der Waals surface area contributed by atoms with E-state index >= 15 is 0 Å². The van der Waals surface area contributed by atoms with Crippen molar-refractivity contribution in [2.24, 2.45) is 4.99 Å². The summed E-state index contributed by atoms with van der Waals surface area (Å²) >= 11 is 1.64. The van der Waals surface area contributed by atoms with Crippen LogP contribution in [0.15, 0.2) is 63.8 Å². The number of aromatic nitrogens is 1. The monoisotopic (exact) mass is 496 g/mol. The molecule has 1 aliphatic heterocycles. The topological polar surface area (TPSA) is 101 Å². The van der Waals surface area contributed by atoms with Crippen molar-refractivity contribution in [3.63, 3.8) is 0 Å². The molecule has 1 aliphatic rings. The fraction of sp³-hybridized carbons (Fsp3) is 0.320. The van der Waals surface area contributed by atoms with Crippen molar-refractivity contribution >= 4 is 33.1 Å². The van der Waals surface area contributed by atoms with E-state index < -0.39 is 10.0 Å². The first kappa shape index (κ1) is 24.1. The van der Waals surface area contributed by atoms with Gasteiger partial charge in [0.2, 0.25) is 5.91 Å². The fourth-order valence-corrected chi connectivity index (χ4v) is 5.66. The lowest BCUT2D eigenvalue weighted by molar-refractivity contribution is -0.121. The van der Waals surface area contributed by atoms with Crippen LogP contribution in [-0.2, 0) is 21.2 Å². The molecule has 1 aromatic heterocycles. The molecule has 0 atom stereocenters. The van der Waals surface area contributed by atoms with Crippen molar-refractivity contribution < 1.29 is 13.2 Å². The Morgan fingerprint density at radius 2 is 1.88 bits per heavy atom. The summed E-state index contributed by atoms with van der Waals surface area (Å²) in [6, 6.07) is 15.2. The second kappa shape index (κ2) is 10.9. The number of fused-ring (bicyclic) bond motifs is 1. The summed E-state index contributed by atoms with van der Waals surface area (Å²) in [6.07, 6.45) is 3.70. The number of nitrogens with one attached hydrogen (secondary N) is 2. The van der Waals surface area contributed by atoms with E-state index in [1.807, 2.05) is 6.92 Å². The second-order valence-electron chi connectivity index (χ2n) is 8.19. The molecule has 0 unspecified atom stereocenters. The molecule has 9 heteroatoms. The van der Waals surface area contributed by atoms with Crippen molar-refractivity contribution in [3.8, 4) is 11.3 Å². The zero-order valence-corrected chi connectivity index (χ0v) is 20.7. The summed E-state index contributed by atoms with van der Waals surface area (Å²) in [6.45, 7) is 3.13. The predicted molar refractivity (Wildman–Crippen MR) is 136 cm³/mol. The standard InChI is InChI=1S/C25H28N4O3S2/c1-18-28-22(17-33-18)20-12-10-19(11-13-20)14-16-26-24(30)9-3-2-6-15-27-25-21-7-4-5-8-23(21)34(31,32)29-25/h4-5,7-8,10-13,17H,2-3,6,9,14-16H2,1H3,(H,26,30)(H,27,29). The van der Waals surface area contributed by atoms with Crippen LogP contribution in [0.25, 0.3) is 11.3 Å². The number of thiazole rings is 1. The van der Waals surface area contributed by atoms with Gasteiger partial charge in [-0.3, -0.25) is 14.5 Å². The van der Waals surface area contributed by atoms with Crippen molar-refractivity contribution in [2.75, 3.05) is 13.1 Å². The van der Waals surface area contributed by atoms with Gasteiger partial charge in [-0.2, -0.15) is 0 Å². The molecule has 178 valence electrons. The van der Waals surface area contributed by atoms with Crippen molar-refractivity contribution in [1.82, 2.24) is 15.0 Å². The number of rotatable bonds is 10. The van der Waals surface area contributed by atoms with E-state index in [0.29, 0.717) is 30.9 Å². The minimum Gasteiger partial charge on any atom is -0.356 e. The Hall–Kier alpha value is -3.04. The van der Waals surface area contributed by atoms with Gasteiger partial charge < -0.3 is 5.32 Å². The van der Waals surface area contributed by atoms with Crippen LogP contribution in [0.3, 0.4) is 0 Å². The van der Waals surface area contributed by atoms with Gasteiger partial charge in [0, 0.05) is 36.0 Å². The maximum absolute atomic E-state index is 12.1. The number of amidine groups is 1. The first-order valence-electron chi connectivity index (χ1n) is 11.4. The Kier molecular flexibility index (Phi) is 7.74. The number of hydrogen-bond donors (Lipinski definition) is 2. The second-order valence-corrected chi connectivity index (χ2v) is 10.9. The third-order valence-corrected chi connectivity index (χ3v) is 7.77. The average molecular weight is 497 g/mol. The van der Waals surface area contributed by atoms with E-state index in [9.17, 15) is 13.2 Å². The summed E-state index contributed by atoms with van der Waals surface area (Å²) < 4.78 is 26.7. The number of aliphatic imine (C=N–C) groups is 1. The molecule has 7 nitrogen and oxygen atoms in total. The molecule has 2 aromatic carbocycles. The highest BCUT2D eigenvalue weighted by Crippen LogP contribution is 2.23. The van der Waals surface area contributed by atoms with E-state index in [0.717, 1.165) is 41.9 Å². The van der Waals surface area contributed by atoms with Crippen LogP contribution in [0.2, 0.25) is 0 Å². The SMILES string of the molecule is Cc1nc(-c2ccc(CCNC(=O)CCCCCN=C3NS(=O)(=O)c4ccccc43)cc2)cs1. The number of hydrogen-bond acceptors (Lipinski definition) is 6. The third-order valence-electron chi connectivity index (χ3n) is 5.60. The van der Waals surface area contributed by atoms with E-state index in [1.54, 1.807) is 35.6 Å². The van der Waals surface area contributed by atoms with Crippen LogP contribution in [-0.4, -0.2) is 38.2 Å². The normalized spacial score (nSPS) is 15.1. The van der Waals surface area contributed by atoms with E-state index in [-0.39, 0.29) is 10.8 Å². The number of carbonyl (C=O) groups excluding carboxylic acids is 1. The van der Waals surface area contributed by atoms with Gasteiger partial charge in [-0.1, -0.05) is 42.8 Å². The van der Waals surface area contributed by atoms with Crippen LogP contribution in [0.1, 0.15) is 41.8 Å². The Morgan fingerprint density at radius 3 is 2.65 bits per heavy atom. The number of aryl methyl sites for hydroxylation is 1. The molecule has 34 heavy (non-hydrogen) atoms. The quantitative estimate of drug-likeness (QED) is 0.413. The first-order valence-corrected chi connectivity index (χ1v) is 13.7.